The van der Waals surface area contributed by atoms with Gasteiger partial charge in [0.15, 0.2) is 0 Å². The van der Waals surface area contributed by atoms with E-state index in [9.17, 15) is 0 Å². The Morgan fingerprint density at radius 1 is 1.08 bits per heavy atom. The van der Waals surface area contributed by atoms with Gasteiger partial charge in [-0.25, -0.2) is 0 Å². The molecule has 1 saturated heterocycles. The minimum Gasteiger partial charge on any atom is -0.464 e. The van der Waals surface area contributed by atoms with Crippen molar-refractivity contribution in [2.24, 2.45) is 16.3 Å². The number of hydrogen-bond acceptors (Lipinski definition) is 3. The molecule has 0 aromatic heterocycles. The highest BCUT2D eigenvalue weighted by atomic mass is 16.5. The predicted molar refractivity (Wildman–Crippen MR) is 103 cm³/mol. The van der Waals surface area contributed by atoms with Crippen molar-refractivity contribution in [3.63, 3.8) is 0 Å². The molecule has 3 heteroatoms. The highest BCUT2D eigenvalue weighted by Gasteiger charge is 2.64. The molecule has 2 aliphatic heterocycles. The molecule has 5 rings (SSSR count). The number of benzene rings is 2. The van der Waals surface area contributed by atoms with Crippen molar-refractivity contribution in [3.8, 4) is 5.75 Å². The number of rotatable bonds is 0. The van der Waals surface area contributed by atoms with Crippen molar-refractivity contribution < 1.29 is 4.74 Å². The van der Waals surface area contributed by atoms with Crippen LogP contribution in [-0.2, 0) is 0 Å². The van der Waals surface area contributed by atoms with Gasteiger partial charge in [0, 0.05) is 16.8 Å². The zero-order valence-corrected chi connectivity index (χ0v) is 15.3. The molecule has 3 atom stereocenters. The first-order valence-corrected chi connectivity index (χ1v) is 9.53. The van der Waals surface area contributed by atoms with Crippen molar-refractivity contribution in [3.05, 3.63) is 36.4 Å². The third-order valence-corrected chi connectivity index (χ3v) is 7.10. The first kappa shape index (κ1) is 15.4. The number of nitrogens with zero attached hydrogens (tertiary/aromatic N) is 2. The summed E-state index contributed by atoms with van der Waals surface area (Å²) in [5.41, 5.74) is 0.574. The Morgan fingerprint density at radius 2 is 1.88 bits per heavy atom. The summed E-state index contributed by atoms with van der Waals surface area (Å²) in [5.74, 6) is 1.58. The molecule has 1 aliphatic carbocycles. The predicted octanol–water partition coefficient (Wildman–Crippen LogP) is 5.16. The van der Waals surface area contributed by atoms with Crippen LogP contribution in [0, 0.1) is 11.3 Å². The van der Waals surface area contributed by atoms with Crippen LogP contribution in [0.25, 0.3) is 10.8 Å². The van der Waals surface area contributed by atoms with Gasteiger partial charge >= 0.3 is 0 Å². The van der Waals surface area contributed by atoms with Gasteiger partial charge in [0.1, 0.15) is 11.4 Å². The van der Waals surface area contributed by atoms with Crippen LogP contribution >= 0.6 is 0 Å². The van der Waals surface area contributed by atoms with Gasteiger partial charge in [0.05, 0.1) is 6.21 Å². The van der Waals surface area contributed by atoms with Crippen LogP contribution in [0.2, 0.25) is 0 Å². The van der Waals surface area contributed by atoms with Crippen molar-refractivity contribution in [2.75, 3.05) is 7.05 Å². The molecule has 0 N–H and O–H groups in total. The van der Waals surface area contributed by atoms with Gasteiger partial charge in [0.2, 0.25) is 5.72 Å². The minimum absolute atomic E-state index is 0.0413. The Kier molecular flexibility index (Phi) is 3.12. The van der Waals surface area contributed by atoms with Crippen LogP contribution in [0.1, 0.15) is 39.5 Å². The monoisotopic (exact) mass is 334 g/mol. The average molecular weight is 334 g/mol. The standard InChI is InChI=1S/C22H26N2O/c1-21(2)17-10-6-7-11-18(17)24(3)22(21)14-23-20-16-9-5-4-8-15(16)12-13-19(20)25-22/h4-5,8-9,12-14,17-18H,6-7,10-11H2,1-3H3. The molecule has 3 nitrogen and oxygen atoms in total. The van der Waals surface area contributed by atoms with Crippen molar-refractivity contribution in [2.45, 2.75) is 51.3 Å². The number of aliphatic imine (C=N–C) groups is 1. The Labute approximate surface area is 149 Å². The fourth-order valence-electron chi connectivity index (χ4n) is 5.64. The molecule has 2 aromatic carbocycles. The van der Waals surface area contributed by atoms with E-state index in [0.29, 0.717) is 12.0 Å². The summed E-state index contributed by atoms with van der Waals surface area (Å²) in [7, 11) is 2.23. The lowest BCUT2D eigenvalue weighted by atomic mass is 9.68. The number of hydrogen-bond donors (Lipinski definition) is 0. The maximum Gasteiger partial charge on any atom is 0.205 e. The van der Waals surface area contributed by atoms with Crippen molar-refractivity contribution in [1.82, 2.24) is 4.90 Å². The van der Waals surface area contributed by atoms with Gasteiger partial charge in [0.25, 0.3) is 0 Å². The normalized spacial score (nSPS) is 33.2. The summed E-state index contributed by atoms with van der Waals surface area (Å²) >= 11 is 0. The maximum absolute atomic E-state index is 6.78. The van der Waals surface area contributed by atoms with E-state index in [1.807, 2.05) is 0 Å². The maximum atomic E-state index is 6.78. The van der Waals surface area contributed by atoms with Crippen molar-refractivity contribution in [1.29, 1.82) is 0 Å². The Bertz CT molecular complexity index is 871. The van der Waals surface area contributed by atoms with E-state index >= 15 is 0 Å². The van der Waals surface area contributed by atoms with Crippen LogP contribution in [0.4, 0.5) is 5.69 Å². The van der Waals surface area contributed by atoms with E-state index < -0.39 is 5.72 Å². The van der Waals surface area contributed by atoms with Gasteiger partial charge in [-0.05, 0) is 37.3 Å². The average Bonchev–Trinajstić information content (AvgIpc) is 2.81. The highest BCUT2D eigenvalue weighted by Crippen LogP contribution is 2.58. The topological polar surface area (TPSA) is 24.8 Å². The minimum atomic E-state index is -0.442. The molecule has 0 radical (unpaired) electrons. The van der Waals surface area contributed by atoms with E-state index in [1.54, 1.807) is 0 Å². The van der Waals surface area contributed by atoms with E-state index in [4.69, 9.17) is 9.73 Å². The first-order chi connectivity index (χ1) is 12.0. The lowest BCUT2D eigenvalue weighted by molar-refractivity contribution is -0.0569. The lowest BCUT2D eigenvalue weighted by Crippen LogP contribution is -2.58. The molecule has 25 heavy (non-hydrogen) atoms. The summed E-state index contributed by atoms with van der Waals surface area (Å²) in [6, 6.07) is 13.3. The fourth-order valence-corrected chi connectivity index (χ4v) is 5.64. The van der Waals surface area contributed by atoms with Gasteiger partial charge in [-0.15, -0.1) is 0 Å². The van der Waals surface area contributed by atoms with E-state index in [-0.39, 0.29) is 5.41 Å². The van der Waals surface area contributed by atoms with Crippen LogP contribution in [0.5, 0.6) is 5.75 Å². The zero-order chi connectivity index (χ0) is 17.2. The van der Waals surface area contributed by atoms with Crippen LogP contribution in [0.3, 0.4) is 0 Å². The molecule has 1 saturated carbocycles. The van der Waals surface area contributed by atoms with E-state index in [1.165, 1.54) is 36.5 Å². The molecule has 130 valence electrons. The van der Waals surface area contributed by atoms with E-state index in [2.05, 4.69) is 68.4 Å². The quantitative estimate of drug-likeness (QED) is 0.664. The largest absolute Gasteiger partial charge is 0.464 e. The summed E-state index contributed by atoms with van der Waals surface area (Å²) in [6.45, 7) is 4.75. The van der Waals surface area contributed by atoms with Crippen LogP contribution in [0.15, 0.2) is 41.4 Å². The van der Waals surface area contributed by atoms with Crippen LogP contribution < -0.4 is 4.74 Å². The summed E-state index contributed by atoms with van der Waals surface area (Å²) < 4.78 is 6.78. The van der Waals surface area contributed by atoms with Gasteiger partial charge < -0.3 is 4.74 Å². The Hall–Kier alpha value is -1.87. The molecular weight excluding hydrogens is 308 g/mol. The molecule has 2 heterocycles. The van der Waals surface area contributed by atoms with Gasteiger partial charge in [-0.3, -0.25) is 9.89 Å². The second kappa shape index (κ2) is 5.07. The van der Waals surface area contributed by atoms with Gasteiger partial charge in [-0.1, -0.05) is 57.0 Å². The summed E-state index contributed by atoms with van der Waals surface area (Å²) in [6.07, 6.45) is 7.34. The lowest BCUT2D eigenvalue weighted by Gasteiger charge is -2.45. The number of fused-ring (bicyclic) bond motifs is 4. The number of ether oxygens (including phenoxy) is 1. The molecule has 2 aromatic rings. The van der Waals surface area contributed by atoms with E-state index in [0.717, 1.165) is 11.4 Å². The smallest absolute Gasteiger partial charge is 0.205 e. The second-order valence-corrected chi connectivity index (χ2v) is 8.48. The fraction of sp³-hybridized carbons (Fsp3) is 0.500. The SMILES string of the molecule is CN1C2CCCCC2C(C)(C)C12C=Nc1c(ccc3ccccc13)O2. The Balaban J connectivity index is 1.65. The molecule has 3 unspecified atom stereocenters. The molecule has 0 amide bonds. The van der Waals surface area contributed by atoms with Gasteiger partial charge in [-0.2, -0.15) is 0 Å². The third-order valence-electron chi connectivity index (χ3n) is 7.10. The third kappa shape index (κ3) is 1.88. The summed E-state index contributed by atoms with van der Waals surface area (Å²) in [5, 5.41) is 2.38. The highest BCUT2D eigenvalue weighted by molar-refractivity contribution is 5.98. The molecule has 0 bridgehead atoms. The molecule has 3 aliphatic rings. The number of likely N-dealkylation sites (tertiary alicyclic amines) is 1. The second-order valence-electron chi connectivity index (χ2n) is 8.48. The molecule has 2 fully saturated rings. The molecule has 1 spiro atoms. The van der Waals surface area contributed by atoms with Crippen LogP contribution in [-0.4, -0.2) is 29.9 Å². The van der Waals surface area contributed by atoms with Crippen molar-refractivity contribution >= 4 is 22.7 Å². The zero-order valence-electron chi connectivity index (χ0n) is 15.3. The summed E-state index contributed by atoms with van der Waals surface area (Å²) in [4.78, 5) is 7.44. The molecular formula is C22H26N2O. The first-order valence-electron chi connectivity index (χ1n) is 9.53. The Morgan fingerprint density at radius 3 is 2.72 bits per heavy atom.